The Kier molecular flexibility index (Phi) is 4.38. The van der Waals surface area contributed by atoms with Gasteiger partial charge in [0, 0.05) is 18.5 Å². The molecular weight excluding hydrogens is 252 g/mol. The first-order valence-electron chi connectivity index (χ1n) is 8.10. The lowest BCUT2D eigenvalue weighted by atomic mass is 10.0. The monoisotopic (exact) mass is 276 g/mol. The van der Waals surface area contributed by atoms with E-state index in [4.69, 9.17) is 4.52 Å². The van der Waals surface area contributed by atoms with Crippen LogP contribution in [-0.2, 0) is 12.8 Å². The molecule has 0 atom stereocenters. The summed E-state index contributed by atoms with van der Waals surface area (Å²) < 4.78 is 5.36. The Morgan fingerprint density at radius 3 is 2.80 bits per heavy atom. The maximum absolute atomic E-state index is 12.2. The van der Waals surface area contributed by atoms with Crippen molar-refractivity contribution in [1.29, 1.82) is 0 Å². The van der Waals surface area contributed by atoms with E-state index in [0.29, 0.717) is 5.69 Å². The van der Waals surface area contributed by atoms with Gasteiger partial charge in [-0.3, -0.25) is 4.79 Å². The van der Waals surface area contributed by atoms with Crippen LogP contribution in [0, 0.1) is 5.92 Å². The fourth-order valence-corrected chi connectivity index (χ4v) is 3.51. The van der Waals surface area contributed by atoms with Crippen molar-refractivity contribution >= 4 is 5.91 Å². The van der Waals surface area contributed by atoms with Crippen LogP contribution in [0.4, 0.5) is 0 Å². The summed E-state index contributed by atoms with van der Waals surface area (Å²) in [4.78, 5) is 12.2. The maximum Gasteiger partial charge on any atom is 0.273 e. The molecule has 0 aromatic carbocycles. The second kappa shape index (κ2) is 6.42. The molecule has 0 unspecified atom stereocenters. The maximum atomic E-state index is 12.2. The third-order valence-corrected chi connectivity index (χ3v) is 4.73. The zero-order chi connectivity index (χ0) is 13.8. The molecule has 110 valence electrons. The van der Waals surface area contributed by atoms with E-state index in [2.05, 4.69) is 10.5 Å². The zero-order valence-corrected chi connectivity index (χ0v) is 12.1. The van der Waals surface area contributed by atoms with Gasteiger partial charge in [0.15, 0.2) is 5.69 Å². The normalized spacial score (nSPS) is 19.6. The summed E-state index contributed by atoms with van der Waals surface area (Å²) in [7, 11) is 0. The number of amides is 1. The van der Waals surface area contributed by atoms with E-state index in [1.165, 1.54) is 32.1 Å². The molecule has 0 aliphatic heterocycles. The van der Waals surface area contributed by atoms with Crippen molar-refractivity contribution < 1.29 is 9.32 Å². The molecule has 4 nitrogen and oxygen atoms in total. The molecule has 2 aliphatic carbocycles. The molecule has 1 amide bonds. The lowest BCUT2D eigenvalue weighted by Crippen LogP contribution is -2.26. The van der Waals surface area contributed by atoms with E-state index < -0.39 is 0 Å². The first-order chi connectivity index (χ1) is 9.84. The molecule has 0 radical (unpaired) electrons. The van der Waals surface area contributed by atoms with Crippen molar-refractivity contribution in [3.8, 4) is 0 Å². The quantitative estimate of drug-likeness (QED) is 0.859. The van der Waals surface area contributed by atoms with Crippen LogP contribution in [0.15, 0.2) is 4.52 Å². The van der Waals surface area contributed by atoms with Gasteiger partial charge in [0.25, 0.3) is 5.91 Å². The van der Waals surface area contributed by atoms with Gasteiger partial charge in [-0.1, -0.05) is 37.3 Å². The van der Waals surface area contributed by atoms with Gasteiger partial charge < -0.3 is 9.84 Å². The number of hydrogen-bond acceptors (Lipinski definition) is 3. The van der Waals surface area contributed by atoms with E-state index in [1.54, 1.807) is 0 Å². The Bertz CT molecular complexity index is 461. The number of fused-ring (bicyclic) bond motifs is 1. The van der Waals surface area contributed by atoms with E-state index in [-0.39, 0.29) is 5.91 Å². The zero-order valence-electron chi connectivity index (χ0n) is 12.1. The Labute approximate surface area is 120 Å². The van der Waals surface area contributed by atoms with Crippen molar-refractivity contribution in [1.82, 2.24) is 10.5 Å². The number of hydrogen-bond donors (Lipinski definition) is 1. The first-order valence-corrected chi connectivity index (χ1v) is 8.10. The largest absolute Gasteiger partial charge is 0.360 e. The molecule has 1 N–H and O–H groups in total. The minimum absolute atomic E-state index is 0.0464. The summed E-state index contributed by atoms with van der Waals surface area (Å²) in [6.07, 6.45) is 11.8. The number of aryl methyl sites for hydroxylation is 1. The number of nitrogens with one attached hydrogen (secondary N) is 1. The molecule has 4 heteroatoms. The van der Waals surface area contributed by atoms with Crippen molar-refractivity contribution in [3.63, 3.8) is 0 Å². The number of rotatable bonds is 4. The summed E-state index contributed by atoms with van der Waals surface area (Å²) in [5, 5.41) is 7.02. The Hall–Kier alpha value is -1.32. The van der Waals surface area contributed by atoms with Crippen LogP contribution >= 0.6 is 0 Å². The topological polar surface area (TPSA) is 55.1 Å². The molecule has 2 aliphatic rings. The van der Waals surface area contributed by atoms with Crippen LogP contribution in [0.2, 0.25) is 0 Å². The third-order valence-electron chi connectivity index (χ3n) is 4.73. The van der Waals surface area contributed by atoms with Gasteiger partial charge in [-0.2, -0.15) is 0 Å². The van der Waals surface area contributed by atoms with Gasteiger partial charge in [0.2, 0.25) is 0 Å². The van der Waals surface area contributed by atoms with Crippen LogP contribution in [0.25, 0.3) is 0 Å². The van der Waals surface area contributed by atoms with Crippen LogP contribution in [0.5, 0.6) is 0 Å². The Morgan fingerprint density at radius 1 is 1.15 bits per heavy atom. The van der Waals surface area contributed by atoms with Crippen molar-refractivity contribution in [2.75, 3.05) is 6.54 Å². The van der Waals surface area contributed by atoms with E-state index in [0.717, 1.165) is 55.9 Å². The number of nitrogens with zero attached hydrogens (tertiary/aromatic N) is 1. The van der Waals surface area contributed by atoms with Crippen molar-refractivity contribution in [3.05, 3.63) is 17.0 Å². The highest BCUT2D eigenvalue weighted by atomic mass is 16.5. The van der Waals surface area contributed by atoms with Gasteiger partial charge in [-0.05, 0) is 31.6 Å². The highest BCUT2D eigenvalue weighted by Gasteiger charge is 2.23. The van der Waals surface area contributed by atoms with Crippen LogP contribution in [0.1, 0.15) is 73.2 Å². The predicted octanol–water partition coefficient (Wildman–Crippen LogP) is 3.25. The SMILES string of the molecule is O=C(NCCC1CCCC1)c1noc2c1CCCCC2. The summed E-state index contributed by atoms with van der Waals surface area (Å²) in [5.74, 6) is 1.70. The second-order valence-corrected chi connectivity index (χ2v) is 6.19. The molecule has 3 rings (SSSR count). The van der Waals surface area contributed by atoms with Crippen molar-refractivity contribution in [2.24, 2.45) is 5.92 Å². The molecule has 1 aromatic rings. The summed E-state index contributed by atoms with van der Waals surface area (Å²) in [6, 6.07) is 0. The molecule has 1 saturated carbocycles. The van der Waals surface area contributed by atoms with E-state index in [9.17, 15) is 4.79 Å². The predicted molar refractivity (Wildman–Crippen MR) is 76.7 cm³/mol. The van der Waals surface area contributed by atoms with Gasteiger partial charge in [-0.25, -0.2) is 0 Å². The van der Waals surface area contributed by atoms with E-state index in [1.807, 2.05) is 0 Å². The molecule has 1 heterocycles. The highest BCUT2D eigenvalue weighted by Crippen LogP contribution is 2.27. The molecule has 0 spiro atoms. The molecule has 0 bridgehead atoms. The molecule has 0 saturated heterocycles. The third kappa shape index (κ3) is 3.05. The van der Waals surface area contributed by atoms with Crippen LogP contribution < -0.4 is 5.32 Å². The average Bonchev–Trinajstić information content (AvgIpc) is 3.04. The molecular formula is C16H24N2O2. The van der Waals surface area contributed by atoms with Crippen molar-refractivity contribution in [2.45, 2.75) is 64.2 Å². The van der Waals surface area contributed by atoms with E-state index >= 15 is 0 Å². The summed E-state index contributed by atoms with van der Waals surface area (Å²) >= 11 is 0. The average molecular weight is 276 g/mol. The number of carbonyl (C=O) groups is 1. The Balaban J connectivity index is 1.55. The van der Waals surface area contributed by atoms with Gasteiger partial charge >= 0.3 is 0 Å². The smallest absolute Gasteiger partial charge is 0.273 e. The second-order valence-electron chi connectivity index (χ2n) is 6.19. The lowest BCUT2D eigenvalue weighted by Gasteiger charge is -2.09. The van der Waals surface area contributed by atoms with Gasteiger partial charge in [0.05, 0.1) is 0 Å². The Morgan fingerprint density at radius 2 is 1.95 bits per heavy atom. The fourth-order valence-electron chi connectivity index (χ4n) is 3.51. The first kappa shape index (κ1) is 13.7. The molecule has 1 aromatic heterocycles. The molecule has 1 fully saturated rings. The highest BCUT2D eigenvalue weighted by molar-refractivity contribution is 5.93. The number of carbonyl (C=O) groups excluding carboxylic acids is 1. The fraction of sp³-hybridized carbons (Fsp3) is 0.750. The minimum atomic E-state index is -0.0464. The lowest BCUT2D eigenvalue weighted by molar-refractivity contribution is 0.0941. The summed E-state index contributed by atoms with van der Waals surface area (Å²) in [5.41, 5.74) is 1.59. The standard InChI is InChI=1S/C16H24N2O2/c19-16(17-11-10-12-6-4-5-7-12)15-13-8-2-1-3-9-14(13)20-18-15/h12H,1-11H2,(H,17,19). The molecule has 20 heavy (non-hydrogen) atoms. The number of aromatic nitrogens is 1. The van der Waals surface area contributed by atoms with Gasteiger partial charge in [0.1, 0.15) is 5.76 Å². The summed E-state index contributed by atoms with van der Waals surface area (Å²) in [6.45, 7) is 0.769. The van der Waals surface area contributed by atoms with Crippen LogP contribution in [0.3, 0.4) is 0 Å². The van der Waals surface area contributed by atoms with Gasteiger partial charge in [-0.15, -0.1) is 0 Å². The minimum Gasteiger partial charge on any atom is -0.360 e. The van der Waals surface area contributed by atoms with Crippen LogP contribution in [-0.4, -0.2) is 17.6 Å².